The summed E-state index contributed by atoms with van der Waals surface area (Å²) in [5.74, 6) is 0. The van der Waals surface area contributed by atoms with Gasteiger partial charge in [0.25, 0.3) is 0 Å². The van der Waals surface area contributed by atoms with Gasteiger partial charge in [0.05, 0.1) is 18.8 Å². The first kappa shape index (κ1) is 15.0. The van der Waals surface area contributed by atoms with Gasteiger partial charge in [-0.1, -0.05) is 24.3 Å². The normalized spacial score (nSPS) is 24.5. The summed E-state index contributed by atoms with van der Waals surface area (Å²) in [7, 11) is 0. The molecule has 0 aromatic heterocycles. The standard InChI is InChI=1S/C17H26N2O2/c20-16(13-21-17-6-3-8-18-10-17)12-19-9-7-14-4-1-2-5-15(14)11-19/h1-2,4-5,16-18,20H,3,6-13H2. The van der Waals surface area contributed by atoms with Crippen LogP contribution in [0.4, 0.5) is 0 Å². The van der Waals surface area contributed by atoms with E-state index in [1.54, 1.807) is 0 Å². The Hall–Kier alpha value is -0.940. The van der Waals surface area contributed by atoms with Crippen LogP contribution < -0.4 is 5.32 Å². The van der Waals surface area contributed by atoms with Gasteiger partial charge in [0.2, 0.25) is 0 Å². The summed E-state index contributed by atoms with van der Waals surface area (Å²) in [5, 5.41) is 13.5. The average Bonchev–Trinajstić information content (AvgIpc) is 2.54. The average molecular weight is 290 g/mol. The number of piperidine rings is 1. The highest BCUT2D eigenvalue weighted by atomic mass is 16.5. The zero-order valence-corrected chi connectivity index (χ0v) is 12.6. The molecule has 3 rings (SSSR count). The molecule has 4 heteroatoms. The van der Waals surface area contributed by atoms with Gasteiger partial charge in [0, 0.05) is 26.2 Å². The van der Waals surface area contributed by atoms with Crippen LogP contribution in [0.5, 0.6) is 0 Å². The molecule has 1 fully saturated rings. The highest BCUT2D eigenvalue weighted by molar-refractivity contribution is 5.29. The van der Waals surface area contributed by atoms with Crippen molar-refractivity contribution in [2.45, 2.75) is 38.0 Å². The smallest absolute Gasteiger partial charge is 0.0900 e. The largest absolute Gasteiger partial charge is 0.389 e. The Morgan fingerprint density at radius 3 is 3.00 bits per heavy atom. The van der Waals surface area contributed by atoms with Crippen molar-refractivity contribution in [3.05, 3.63) is 35.4 Å². The Balaban J connectivity index is 1.42. The fourth-order valence-electron chi connectivity index (χ4n) is 3.27. The molecule has 0 amide bonds. The molecule has 0 bridgehead atoms. The zero-order valence-electron chi connectivity index (χ0n) is 12.6. The third kappa shape index (κ3) is 4.27. The third-order valence-corrected chi connectivity index (χ3v) is 4.45. The second-order valence-electron chi connectivity index (χ2n) is 6.21. The van der Waals surface area contributed by atoms with Gasteiger partial charge in [0.15, 0.2) is 0 Å². The minimum absolute atomic E-state index is 0.274. The first-order valence-corrected chi connectivity index (χ1v) is 8.11. The van der Waals surface area contributed by atoms with Gasteiger partial charge in [0.1, 0.15) is 0 Å². The molecular weight excluding hydrogens is 264 g/mol. The summed E-state index contributed by atoms with van der Waals surface area (Å²) in [6, 6.07) is 8.60. The van der Waals surface area contributed by atoms with E-state index in [2.05, 4.69) is 34.5 Å². The molecule has 0 radical (unpaired) electrons. The molecule has 21 heavy (non-hydrogen) atoms. The second-order valence-corrected chi connectivity index (χ2v) is 6.21. The Bertz CT molecular complexity index is 446. The maximum absolute atomic E-state index is 10.2. The number of β-amino-alcohol motifs (C(OH)–C–C–N with tert-alkyl or cyclic N) is 1. The van der Waals surface area contributed by atoms with Gasteiger partial charge in [-0.05, 0) is 36.9 Å². The summed E-state index contributed by atoms with van der Waals surface area (Å²) in [5.41, 5.74) is 2.85. The Kier molecular flexibility index (Phi) is 5.25. The van der Waals surface area contributed by atoms with Crippen LogP contribution >= 0.6 is 0 Å². The van der Waals surface area contributed by atoms with Gasteiger partial charge in [-0.25, -0.2) is 0 Å². The lowest BCUT2D eigenvalue weighted by Gasteiger charge is -2.31. The number of benzene rings is 1. The number of nitrogens with one attached hydrogen (secondary N) is 1. The molecule has 4 nitrogen and oxygen atoms in total. The van der Waals surface area contributed by atoms with Gasteiger partial charge in [-0.3, -0.25) is 4.90 Å². The Morgan fingerprint density at radius 2 is 2.19 bits per heavy atom. The summed E-state index contributed by atoms with van der Waals surface area (Å²) < 4.78 is 5.82. The SMILES string of the molecule is OC(COC1CCCNC1)CN1CCc2ccccc2C1. The predicted molar refractivity (Wildman–Crippen MR) is 83.3 cm³/mol. The topological polar surface area (TPSA) is 44.7 Å². The fourth-order valence-corrected chi connectivity index (χ4v) is 3.27. The van der Waals surface area contributed by atoms with Crippen molar-refractivity contribution >= 4 is 0 Å². The van der Waals surface area contributed by atoms with E-state index in [1.807, 2.05) is 0 Å². The maximum atomic E-state index is 10.2. The lowest BCUT2D eigenvalue weighted by atomic mass is 10.00. The van der Waals surface area contributed by atoms with Crippen molar-refractivity contribution < 1.29 is 9.84 Å². The van der Waals surface area contributed by atoms with Crippen molar-refractivity contribution in [3.8, 4) is 0 Å². The van der Waals surface area contributed by atoms with Crippen LogP contribution in [0.15, 0.2) is 24.3 Å². The van der Waals surface area contributed by atoms with Crippen LogP contribution in [0.3, 0.4) is 0 Å². The molecule has 1 saturated heterocycles. The highest BCUT2D eigenvalue weighted by Gasteiger charge is 2.20. The number of aliphatic hydroxyl groups excluding tert-OH is 1. The molecule has 0 spiro atoms. The van der Waals surface area contributed by atoms with E-state index in [1.165, 1.54) is 17.5 Å². The molecule has 2 aliphatic heterocycles. The van der Waals surface area contributed by atoms with E-state index in [9.17, 15) is 5.11 Å². The zero-order chi connectivity index (χ0) is 14.5. The lowest BCUT2D eigenvalue weighted by Crippen LogP contribution is -2.41. The number of rotatable bonds is 5. The molecule has 2 heterocycles. The molecule has 2 N–H and O–H groups in total. The minimum atomic E-state index is -0.391. The van der Waals surface area contributed by atoms with Gasteiger partial charge >= 0.3 is 0 Å². The summed E-state index contributed by atoms with van der Waals surface area (Å²) in [6.45, 7) is 5.13. The van der Waals surface area contributed by atoms with Crippen molar-refractivity contribution in [1.82, 2.24) is 10.2 Å². The number of hydrogen-bond donors (Lipinski definition) is 2. The van der Waals surface area contributed by atoms with Crippen LogP contribution in [0.25, 0.3) is 0 Å². The van der Waals surface area contributed by atoms with Crippen molar-refractivity contribution in [1.29, 1.82) is 0 Å². The molecule has 0 saturated carbocycles. The first-order chi connectivity index (χ1) is 10.3. The first-order valence-electron chi connectivity index (χ1n) is 8.11. The monoisotopic (exact) mass is 290 g/mol. The molecular formula is C17H26N2O2. The molecule has 1 aromatic rings. The van der Waals surface area contributed by atoms with E-state index >= 15 is 0 Å². The Morgan fingerprint density at radius 1 is 1.33 bits per heavy atom. The van der Waals surface area contributed by atoms with Crippen LogP contribution in [0, 0.1) is 0 Å². The molecule has 1 aromatic carbocycles. The van der Waals surface area contributed by atoms with Crippen molar-refractivity contribution in [2.75, 3.05) is 32.8 Å². The molecule has 0 aliphatic carbocycles. The number of fused-ring (bicyclic) bond motifs is 1. The number of hydrogen-bond acceptors (Lipinski definition) is 4. The third-order valence-electron chi connectivity index (χ3n) is 4.45. The number of ether oxygens (including phenoxy) is 1. The van der Waals surface area contributed by atoms with E-state index < -0.39 is 6.10 Å². The van der Waals surface area contributed by atoms with Gasteiger partial charge < -0.3 is 15.2 Å². The van der Waals surface area contributed by atoms with Gasteiger partial charge in [-0.2, -0.15) is 0 Å². The van der Waals surface area contributed by atoms with Crippen LogP contribution in [0.1, 0.15) is 24.0 Å². The van der Waals surface area contributed by atoms with E-state index in [-0.39, 0.29) is 6.10 Å². The molecule has 2 atom stereocenters. The quantitative estimate of drug-likeness (QED) is 0.854. The summed E-state index contributed by atoms with van der Waals surface area (Å²) >= 11 is 0. The molecule has 116 valence electrons. The number of aliphatic hydroxyl groups is 1. The summed E-state index contributed by atoms with van der Waals surface area (Å²) in [6.07, 6.45) is 3.24. The van der Waals surface area contributed by atoms with Crippen LogP contribution in [0.2, 0.25) is 0 Å². The summed E-state index contributed by atoms with van der Waals surface area (Å²) in [4.78, 5) is 2.33. The maximum Gasteiger partial charge on any atom is 0.0900 e. The lowest BCUT2D eigenvalue weighted by molar-refractivity contribution is -0.0295. The molecule has 2 unspecified atom stereocenters. The van der Waals surface area contributed by atoms with Crippen LogP contribution in [-0.2, 0) is 17.7 Å². The van der Waals surface area contributed by atoms with E-state index in [0.29, 0.717) is 13.2 Å². The van der Waals surface area contributed by atoms with Crippen LogP contribution in [-0.4, -0.2) is 55.0 Å². The fraction of sp³-hybridized carbons (Fsp3) is 0.647. The van der Waals surface area contributed by atoms with E-state index in [0.717, 1.165) is 39.0 Å². The van der Waals surface area contributed by atoms with Crippen molar-refractivity contribution in [3.63, 3.8) is 0 Å². The van der Waals surface area contributed by atoms with Gasteiger partial charge in [-0.15, -0.1) is 0 Å². The second kappa shape index (κ2) is 7.36. The molecule has 2 aliphatic rings. The van der Waals surface area contributed by atoms with E-state index in [4.69, 9.17) is 4.74 Å². The minimum Gasteiger partial charge on any atom is -0.389 e. The Labute approximate surface area is 127 Å². The predicted octanol–water partition coefficient (Wildman–Crippen LogP) is 1.17. The number of nitrogens with zero attached hydrogens (tertiary/aromatic N) is 1. The van der Waals surface area contributed by atoms with Crippen molar-refractivity contribution in [2.24, 2.45) is 0 Å². The highest BCUT2D eigenvalue weighted by Crippen LogP contribution is 2.18.